The Morgan fingerprint density at radius 1 is 1.75 bits per heavy atom. The maximum Gasteiger partial charge on any atom is 0.322 e. The zero-order valence-electron chi connectivity index (χ0n) is 6.82. The van der Waals surface area contributed by atoms with Crippen molar-refractivity contribution < 1.29 is 9.90 Å². The van der Waals surface area contributed by atoms with Crippen LogP contribution in [0.1, 0.15) is 0 Å². The molecule has 0 saturated carbocycles. The van der Waals surface area contributed by atoms with Crippen molar-refractivity contribution in [2.24, 2.45) is 0 Å². The predicted molar refractivity (Wildman–Crippen MR) is 41.5 cm³/mol. The second kappa shape index (κ2) is 3.52. The first-order valence-electron chi connectivity index (χ1n) is 3.70. The molecule has 1 rings (SSSR count). The lowest BCUT2D eigenvalue weighted by Gasteiger charge is -2.31. The summed E-state index contributed by atoms with van der Waals surface area (Å²) >= 11 is 0. The van der Waals surface area contributed by atoms with E-state index in [1.807, 2.05) is 11.0 Å². The van der Waals surface area contributed by atoms with Crippen LogP contribution in [-0.2, 0) is 4.79 Å². The van der Waals surface area contributed by atoms with Gasteiger partial charge in [-0.05, 0) is 7.05 Å². The van der Waals surface area contributed by atoms with Crippen molar-refractivity contribution in [3.05, 3.63) is 0 Å². The number of carboxylic acids is 1. The maximum absolute atomic E-state index is 10.6. The standard InChI is InChI=1S/C7H11N3O2/c1-10-3-5(2-8)9-6(4-10)7(11)12/h5-6,9H,3-4H2,1H3,(H,11,12)/t5?,6-/m1/s1. The molecule has 0 spiro atoms. The van der Waals surface area contributed by atoms with Gasteiger partial charge in [0.05, 0.1) is 6.07 Å². The molecular weight excluding hydrogens is 158 g/mol. The number of nitrogens with one attached hydrogen (secondary N) is 1. The Morgan fingerprint density at radius 2 is 2.42 bits per heavy atom. The third-order valence-electron chi connectivity index (χ3n) is 1.84. The topological polar surface area (TPSA) is 76.4 Å². The highest BCUT2D eigenvalue weighted by atomic mass is 16.4. The number of piperazine rings is 1. The molecular formula is C7H11N3O2. The second-order valence-electron chi connectivity index (χ2n) is 2.96. The first-order valence-corrected chi connectivity index (χ1v) is 3.70. The van der Waals surface area contributed by atoms with Gasteiger partial charge in [-0.15, -0.1) is 0 Å². The molecule has 2 N–H and O–H groups in total. The fraction of sp³-hybridized carbons (Fsp3) is 0.714. The van der Waals surface area contributed by atoms with Gasteiger partial charge in [-0.2, -0.15) is 5.26 Å². The van der Waals surface area contributed by atoms with E-state index in [-0.39, 0.29) is 6.04 Å². The lowest BCUT2D eigenvalue weighted by Crippen LogP contribution is -2.57. The molecule has 0 aromatic rings. The van der Waals surface area contributed by atoms with Crippen LogP contribution in [0.3, 0.4) is 0 Å². The van der Waals surface area contributed by atoms with Crippen LogP contribution in [0.2, 0.25) is 0 Å². The van der Waals surface area contributed by atoms with Crippen LogP contribution in [0.5, 0.6) is 0 Å². The lowest BCUT2D eigenvalue weighted by molar-refractivity contribution is -0.140. The van der Waals surface area contributed by atoms with E-state index in [2.05, 4.69) is 5.32 Å². The minimum absolute atomic E-state index is 0.371. The highest BCUT2D eigenvalue weighted by Crippen LogP contribution is 2.01. The number of carboxylic acid groups (broad SMARTS) is 1. The third-order valence-corrected chi connectivity index (χ3v) is 1.84. The van der Waals surface area contributed by atoms with Crippen LogP contribution in [0.25, 0.3) is 0 Å². The Morgan fingerprint density at radius 3 is 2.92 bits per heavy atom. The Kier molecular flexibility index (Phi) is 2.63. The fourth-order valence-electron chi connectivity index (χ4n) is 1.27. The molecule has 0 radical (unpaired) electrons. The molecule has 5 nitrogen and oxygen atoms in total. The van der Waals surface area contributed by atoms with Crippen molar-refractivity contribution in [1.29, 1.82) is 5.26 Å². The summed E-state index contributed by atoms with van der Waals surface area (Å²) in [6, 6.07) is 1.02. The van der Waals surface area contributed by atoms with Crippen molar-refractivity contribution in [3.8, 4) is 6.07 Å². The largest absolute Gasteiger partial charge is 0.480 e. The summed E-state index contributed by atoms with van der Waals surface area (Å²) in [6.45, 7) is 1.04. The summed E-state index contributed by atoms with van der Waals surface area (Å²) < 4.78 is 0. The van der Waals surface area contributed by atoms with Crippen LogP contribution < -0.4 is 5.32 Å². The first kappa shape index (κ1) is 8.97. The van der Waals surface area contributed by atoms with Crippen LogP contribution in [0.4, 0.5) is 0 Å². The molecule has 12 heavy (non-hydrogen) atoms. The second-order valence-corrected chi connectivity index (χ2v) is 2.96. The normalized spacial score (nSPS) is 31.0. The number of likely N-dealkylation sites (N-methyl/N-ethyl adjacent to an activating group) is 1. The van der Waals surface area contributed by atoms with Crippen molar-refractivity contribution in [1.82, 2.24) is 10.2 Å². The molecule has 2 atom stereocenters. The maximum atomic E-state index is 10.6. The van der Waals surface area contributed by atoms with Crippen molar-refractivity contribution in [3.63, 3.8) is 0 Å². The molecule has 0 amide bonds. The molecule has 1 saturated heterocycles. The van der Waals surface area contributed by atoms with Crippen LogP contribution >= 0.6 is 0 Å². The van der Waals surface area contributed by atoms with Gasteiger partial charge in [0.1, 0.15) is 12.1 Å². The molecule has 66 valence electrons. The molecule has 1 fully saturated rings. The third kappa shape index (κ3) is 1.94. The van der Waals surface area contributed by atoms with E-state index < -0.39 is 12.0 Å². The zero-order valence-corrected chi connectivity index (χ0v) is 6.82. The zero-order chi connectivity index (χ0) is 9.14. The predicted octanol–water partition coefficient (Wildman–Crippen LogP) is -1.13. The number of hydrogen-bond donors (Lipinski definition) is 2. The van der Waals surface area contributed by atoms with Gasteiger partial charge in [-0.1, -0.05) is 0 Å². The van der Waals surface area contributed by atoms with E-state index in [0.29, 0.717) is 13.1 Å². The van der Waals surface area contributed by atoms with E-state index >= 15 is 0 Å². The number of hydrogen-bond acceptors (Lipinski definition) is 4. The molecule has 0 aliphatic carbocycles. The number of rotatable bonds is 1. The summed E-state index contributed by atoms with van der Waals surface area (Å²) in [5.41, 5.74) is 0. The van der Waals surface area contributed by atoms with Gasteiger partial charge in [0, 0.05) is 13.1 Å². The Hall–Kier alpha value is -1.12. The van der Waals surface area contributed by atoms with Gasteiger partial charge >= 0.3 is 5.97 Å². The quantitative estimate of drug-likeness (QED) is 0.519. The van der Waals surface area contributed by atoms with E-state index in [4.69, 9.17) is 10.4 Å². The Labute approximate surface area is 70.6 Å². The molecule has 0 aromatic heterocycles. The highest BCUT2D eigenvalue weighted by Gasteiger charge is 2.28. The van der Waals surface area contributed by atoms with Gasteiger partial charge in [0.25, 0.3) is 0 Å². The molecule has 1 aliphatic heterocycles. The average molecular weight is 169 g/mol. The number of aliphatic carboxylic acids is 1. The van der Waals surface area contributed by atoms with Gasteiger partial charge in [-0.3, -0.25) is 10.1 Å². The van der Waals surface area contributed by atoms with Crippen molar-refractivity contribution in [2.75, 3.05) is 20.1 Å². The SMILES string of the molecule is CN1CC(C#N)N[C@@H](C(=O)O)C1. The summed E-state index contributed by atoms with van der Waals surface area (Å²) in [5, 5.41) is 20.0. The van der Waals surface area contributed by atoms with Crippen LogP contribution in [0, 0.1) is 11.3 Å². The van der Waals surface area contributed by atoms with E-state index in [1.165, 1.54) is 0 Å². The molecule has 1 aliphatic rings. The van der Waals surface area contributed by atoms with Gasteiger partial charge in [0.15, 0.2) is 0 Å². The van der Waals surface area contributed by atoms with Gasteiger partial charge in [-0.25, -0.2) is 0 Å². The van der Waals surface area contributed by atoms with Crippen LogP contribution in [-0.4, -0.2) is 48.2 Å². The number of nitrogens with zero attached hydrogens (tertiary/aromatic N) is 2. The Bertz CT molecular complexity index is 223. The van der Waals surface area contributed by atoms with Crippen LogP contribution in [0.15, 0.2) is 0 Å². The van der Waals surface area contributed by atoms with Gasteiger partial charge < -0.3 is 10.0 Å². The smallest absolute Gasteiger partial charge is 0.322 e. The van der Waals surface area contributed by atoms with Crippen molar-refractivity contribution in [2.45, 2.75) is 12.1 Å². The summed E-state index contributed by atoms with van der Waals surface area (Å²) in [7, 11) is 1.81. The minimum Gasteiger partial charge on any atom is -0.480 e. The minimum atomic E-state index is -0.901. The first-order chi connectivity index (χ1) is 5.63. The van der Waals surface area contributed by atoms with Gasteiger partial charge in [0.2, 0.25) is 0 Å². The summed E-state index contributed by atoms with van der Waals surface area (Å²) in [5.74, 6) is -0.901. The van der Waals surface area contributed by atoms with Crippen molar-refractivity contribution >= 4 is 5.97 Å². The lowest BCUT2D eigenvalue weighted by atomic mass is 10.1. The fourth-order valence-corrected chi connectivity index (χ4v) is 1.27. The van der Waals surface area contributed by atoms with E-state index in [1.54, 1.807) is 7.05 Å². The molecule has 0 bridgehead atoms. The molecule has 1 heterocycles. The number of carbonyl (C=O) groups is 1. The molecule has 5 heteroatoms. The summed E-state index contributed by atoms with van der Waals surface area (Å²) in [6.07, 6.45) is 0. The monoisotopic (exact) mass is 169 g/mol. The molecule has 1 unspecified atom stereocenters. The Balaban J connectivity index is 2.58. The average Bonchev–Trinajstić information content (AvgIpc) is 2.03. The van der Waals surface area contributed by atoms with E-state index in [9.17, 15) is 4.79 Å². The number of nitriles is 1. The highest BCUT2D eigenvalue weighted by molar-refractivity contribution is 5.74. The molecule has 0 aromatic carbocycles. The van der Waals surface area contributed by atoms with E-state index in [0.717, 1.165) is 0 Å². The summed E-state index contributed by atoms with van der Waals surface area (Å²) in [4.78, 5) is 12.4.